The monoisotopic (exact) mass is 462 g/mol. The third-order valence-electron chi connectivity index (χ3n) is 5.54. The van der Waals surface area contributed by atoms with Gasteiger partial charge in [-0.2, -0.15) is 20.6 Å². The van der Waals surface area contributed by atoms with Crippen molar-refractivity contribution in [1.29, 1.82) is 5.26 Å². The minimum Gasteiger partial charge on any atom is -0.493 e. The molecule has 0 saturated carbocycles. The second-order valence-electron chi connectivity index (χ2n) is 7.80. The molecule has 1 heterocycles. The van der Waals surface area contributed by atoms with Crippen LogP contribution in [-0.2, 0) is 0 Å². The maximum atomic E-state index is 13.3. The third-order valence-corrected chi connectivity index (χ3v) is 5.54. The molecule has 0 saturated heterocycles. The number of azo groups is 2. The normalized spacial score (nSPS) is 12.1. The first-order chi connectivity index (χ1) is 17.0. The summed E-state index contributed by atoms with van der Waals surface area (Å²) >= 11 is 0. The van der Waals surface area contributed by atoms with Crippen LogP contribution < -0.4 is 5.56 Å². The van der Waals surface area contributed by atoms with Gasteiger partial charge in [-0.25, -0.2) is 0 Å². The van der Waals surface area contributed by atoms with E-state index in [1.54, 1.807) is 38.1 Å². The first kappa shape index (κ1) is 23.3. The Bertz CT molecular complexity index is 1490. The van der Waals surface area contributed by atoms with Gasteiger partial charge in [0.05, 0.1) is 23.1 Å². The fourth-order valence-corrected chi connectivity index (χ4v) is 3.57. The molecule has 3 aromatic carbocycles. The maximum absolute atomic E-state index is 13.3. The van der Waals surface area contributed by atoms with E-state index in [0.717, 1.165) is 11.3 Å². The minimum atomic E-state index is -0.535. The van der Waals surface area contributed by atoms with E-state index in [4.69, 9.17) is 0 Å². The molecule has 0 amide bonds. The van der Waals surface area contributed by atoms with Crippen LogP contribution in [0.5, 0.6) is 5.88 Å². The lowest BCUT2D eigenvalue weighted by atomic mass is 10.1. The molecule has 1 aromatic heterocycles. The highest BCUT2D eigenvalue weighted by Crippen LogP contribution is 2.31. The van der Waals surface area contributed by atoms with Crippen molar-refractivity contribution in [1.82, 2.24) is 4.57 Å². The van der Waals surface area contributed by atoms with Crippen LogP contribution in [0.25, 0.3) is 0 Å². The standard InChI is InChI=1S/C27H22N6O2/c1-18-24(17-28)26(34)33(19(2)20-9-5-3-6-10-20)27(35)25(18)32-31-23-15-13-22(14-16-23)30-29-21-11-7-4-8-12-21/h3-16,19,34H,1-2H3. The molecule has 0 bridgehead atoms. The molecule has 4 rings (SSSR count). The van der Waals surface area contributed by atoms with Gasteiger partial charge in [-0.1, -0.05) is 48.5 Å². The number of nitriles is 1. The number of benzene rings is 3. The van der Waals surface area contributed by atoms with Crippen molar-refractivity contribution >= 4 is 22.7 Å². The fraction of sp³-hybridized carbons (Fsp3) is 0.111. The number of aromatic nitrogens is 1. The largest absolute Gasteiger partial charge is 0.493 e. The van der Waals surface area contributed by atoms with Crippen LogP contribution in [0.15, 0.2) is 110 Å². The van der Waals surface area contributed by atoms with E-state index in [1.165, 1.54) is 4.57 Å². The highest BCUT2D eigenvalue weighted by molar-refractivity contribution is 5.57. The average molecular weight is 463 g/mol. The van der Waals surface area contributed by atoms with Crippen LogP contribution in [0.1, 0.15) is 29.7 Å². The molecule has 0 spiro atoms. The Balaban J connectivity index is 1.66. The lowest BCUT2D eigenvalue weighted by molar-refractivity contribution is 0.393. The summed E-state index contributed by atoms with van der Waals surface area (Å²) in [6.07, 6.45) is 0. The molecule has 0 aliphatic heterocycles. The summed E-state index contributed by atoms with van der Waals surface area (Å²) in [4.78, 5) is 13.3. The van der Waals surface area contributed by atoms with Crippen LogP contribution in [0, 0.1) is 18.3 Å². The first-order valence-corrected chi connectivity index (χ1v) is 10.9. The van der Waals surface area contributed by atoms with Crippen molar-refractivity contribution in [2.75, 3.05) is 0 Å². The zero-order valence-electron chi connectivity index (χ0n) is 19.2. The highest BCUT2D eigenvalue weighted by atomic mass is 16.3. The number of aromatic hydroxyl groups is 1. The molecule has 35 heavy (non-hydrogen) atoms. The Morgan fingerprint density at radius 1 is 0.800 bits per heavy atom. The predicted octanol–water partition coefficient (Wildman–Crippen LogP) is 7.17. The van der Waals surface area contributed by atoms with Crippen LogP contribution in [0.3, 0.4) is 0 Å². The minimum absolute atomic E-state index is 0.00465. The summed E-state index contributed by atoms with van der Waals surface area (Å²) in [7, 11) is 0. The summed E-state index contributed by atoms with van der Waals surface area (Å²) < 4.78 is 1.17. The topological polar surface area (TPSA) is 115 Å². The molecule has 0 aliphatic rings. The van der Waals surface area contributed by atoms with Crippen molar-refractivity contribution in [3.05, 3.63) is 112 Å². The van der Waals surface area contributed by atoms with E-state index in [1.807, 2.05) is 66.7 Å². The van der Waals surface area contributed by atoms with Crippen LogP contribution in [0.4, 0.5) is 22.7 Å². The number of rotatable bonds is 6. The van der Waals surface area contributed by atoms with Gasteiger partial charge in [0.15, 0.2) is 5.69 Å². The Labute approximate surface area is 202 Å². The number of hydrogen-bond donors (Lipinski definition) is 1. The summed E-state index contributed by atoms with van der Waals surface area (Å²) in [6, 6.07) is 27.0. The SMILES string of the molecule is Cc1c(C#N)c(O)n(C(C)c2ccccc2)c(=O)c1N=Nc1ccc(N=Nc2ccccc2)cc1. The Morgan fingerprint density at radius 2 is 1.29 bits per heavy atom. The molecule has 1 unspecified atom stereocenters. The zero-order valence-corrected chi connectivity index (χ0v) is 19.2. The third kappa shape index (κ3) is 5.04. The molecule has 172 valence electrons. The van der Waals surface area contributed by atoms with Crippen molar-refractivity contribution < 1.29 is 5.11 Å². The summed E-state index contributed by atoms with van der Waals surface area (Å²) in [5, 5.41) is 37.0. The summed E-state index contributed by atoms with van der Waals surface area (Å²) in [6.45, 7) is 3.34. The van der Waals surface area contributed by atoms with Crippen LogP contribution >= 0.6 is 0 Å². The smallest absolute Gasteiger partial charge is 0.282 e. The van der Waals surface area contributed by atoms with E-state index in [-0.39, 0.29) is 16.8 Å². The molecule has 0 radical (unpaired) electrons. The molecule has 4 aromatic rings. The molecular weight excluding hydrogens is 440 g/mol. The Hall–Kier alpha value is -4.90. The van der Waals surface area contributed by atoms with Crippen molar-refractivity contribution in [3.63, 3.8) is 0 Å². The highest BCUT2D eigenvalue weighted by Gasteiger charge is 2.23. The lowest BCUT2D eigenvalue weighted by Crippen LogP contribution is -2.25. The van der Waals surface area contributed by atoms with E-state index >= 15 is 0 Å². The van der Waals surface area contributed by atoms with E-state index in [0.29, 0.717) is 11.4 Å². The summed E-state index contributed by atoms with van der Waals surface area (Å²) in [5.74, 6) is -0.390. The molecule has 0 aliphatic carbocycles. The van der Waals surface area contributed by atoms with Gasteiger partial charge in [0.25, 0.3) is 5.56 Å². The quantitative estimate of drug-likeness (QED) is 0.306. The van der Waals surface area contributed by atoms with E-state index < -0.39 is 17.5 Å². The van der Waals surface area contributed by atoms with Gasteiger partial charge in [0, 0.05) is 5.56 Å². The average Bonchev–Trinajstić information content (AvgIpc) is 2.89. The van der Waals surface area contributed by atoms with Gasteiger partial charge in [-0.15, -0.1) is 5.11 Å². The van der Waals surface area contributed by atoms with Gasteiger partial charge < -0.3 is 5.11 Å². The summed E-state index contributed by atoms with van der Waals surface area (Å²) in [5.41, 5.74) is 2.40. The fourth-order valence-electron chi connectivity index (χ4n) is 3.57. The van der Waals surface area contributed by atoms with Crippen LogP contribution in [-0.4, -0.2) is 9.67 Å². The molecule has 0 fully saturated rings. The second kappa shape index (κ2) is 10.4. The van der Waals surface area contributed by atoms with Crippen molar-refractivity contribution in [2.45, 2.75) is 19.9 Å². The van der Waals surface area contributed by atoms with Crippen molar-refractivity contribution in [3.8, 4) is 11.9 Å². The van der Waals surface area contributed by atoms with E-state index in [9.17, 15) is 15.2 Å². The molecular formula is C27H22N6O2. The number of hydrogen-bond acceptors (Lipinski definition) is 7. The van der Waals surface area contributed by atoms with Gasteiger partial charge in [0.1, 0.15) is 11.6 Å². The molecule has 1 N–H and O–H groups in total. The molecule has 8 nitrogen and oxygen atoms in total. The van der Waals surface area contributed by atoms with Gasteiger partial charge in [-0.3, -0.25) is 9.36 Å². The number of pyridine rings is 1. The predicted molar refractivity (Wildman–Crippen MR) is 133 cm³/mol. The van der Waals surface area contributed by atoms with Gasteiger partial charge in [0.2, 0.25) is 5.88 Å². The van der Waals surface area contributed by atoms with Crippen LogP contribution in [0.2, 0.25) is 0 Å². The van der Waals surface area contributed by atoms with E-state index in [2.05, 4.69) is 20.5 Å². The molecule has 8 heteroatoms. The first-order valence-electron chi connectivity index (χ1n) is 10.9. The maximum Gasteiger partial charge on any atom is 0.282 e. The van der Waals surface area contributed by atoms with Crippen molar-refractivity contribution in [2.24, 2.45) is 20.5 Å². The Morgan fingerprint density at radius 3 is 1.83 bits per heavy atom. The van der Waals surface area contributed by atoms with Gasteiger partial charge in [-0.05, 0) is 55.8 Å². The molecule has 1 atom stereocenters. The number of nitrogens with zero attached hydrogens (tertiary/aromatic N) is 6. The Kier molecular flexibility index (Phi) is 6.88. The lowest BCUT2D eigenvalue weighted by Gasteiger charge is -2.19. The van der Waals surface area contributed by atoms with Gasteiger partial charge >= 0.3 is 0 Å². The second-order valence-corrected chi connectivity index (χ2v) is 7.80. The zero-order chi connectivity index (χ0) is 24.8.